The topological polar surface area (TPSA) is 185 Å². The summed E-state index contributed by atoms with van der Waals surface area (Å²) in [5.74, 6) is -0.676. The molecule has 1 aliphatic rings. The van der Waals surface area contributed by atoms with Crippen molar-refractivity contribution in [3.05, 3.63) is 12.7 Å². The summed E-state index contributed by atoms with van der Waals surface area (Å²) in [6.45, 7) is 10.7. The number of nitrogens with one attached hydrogen (secondary N) is 2. The minimum Gasteiger partial charge on any atom is -0.462 e. The molecule has 17 heteroatoms. The number of anilines is 1. The van der Waals surface area contributed by atoms with E-state index in [0.29, 0.717) is 11.2 Å². The van der Waals surface area contributed by atoms with E-state index in [9.17, 15) is 23.5 Å². The molecule has 0 saturated carbocycles. The van der Waals surface area contributed by atoms with Gasteiger partial charge in [0, 0.05) is 6.42 Å². The SMILES string of the molecule is CC.CC(C)OC(=O)CNP(NC(C)C(=O)OC(C)C)OCC1OC(n2cnc3c(N)ncnc32)CC1O.FCF. The molecule has 5 N–H and O–H groups in total. The van der Waals surface area contributed by atoms with Crippen LogP contribution in [0.2, 0.25) is 0 Å². The summed E-state index contributed by atoms with van der Waals surface area (Å²) in [4.78, 5) is 36.6. The van der Waals surface area contributed by atoms with E-state index < -0.39 is 51.8 Å². The molecular formula is C24H42F2N7O7P. The number of imidazole rings is 1. The van der Waals surface area contributed by atoms with E-state index in [1.807, 2.05) is 13.8 Å². The second-order valence-corrected chi connectivity index (χ2v) is 10.3. The van der Waals surface area contributed by atoms with Crippen molar-refractivity contribution in [2.75, 3.05) is 25.8 Å². The van der Waals surface area contributed by atoms with Crippen LogP contribution in [0.5, 0.6) is 0 Å². The zero-order chi connectivity index (χ0) is 31.1. The maximum Gasteiger partial charge on any atom is 0.323 e. The van der Waals surface area contributed by atoms with Gasteiger partial charge in [0.15, 0.2) is 19.9 Å². The number of alkyl halides is 2. The summed E-state index contributed by atoms with van der Waals surface area (Å²) in [6, 6.07) is -0.711. The van der Waals surface area contributed by atoms with Crippen LogP contribution >= 0.6 is 8.45 Å². The van der Waals surface area contributed by atoms with Crippen molar-refractivity contribution < 1.29 is 42.2 Å². The molecule has 0 radical (unpaired) electrons. The predicted molar refractivity (Wildman–Crippen MR) is 149 cm³/mol. The van der Waals surface area contributed by atoms with Crippen LogP contribution in [-0.2, 0) is 28.3 Å². The normalized spacial score (nSPS) is 19.7. The van der Waals surface area contributed by atoms with E-state index in [2.05, 4.69) is 25.1 Å². The Hall–Kier alpha value is -2.62. The summed E-state index contributed by atoms with van der Waals surface area (Å²) in [7, 11) is -1.69. The number of carbonyl (C=O) groups is 2. The highest BCUT2D eigenvalue weighted by molar-refractivity contribution is 7.48. The second-order valence-electron chi connectivity index (χ2n) is 8.92. The number of aliphatic hydroxyl groups excluding tert-OH is 1. The number of carbonyl (C=O) groups excluding carboxylic acids is 2. The Bertz CT molecular complexity index is 1070. The van der Waals surface area contributed by atoms with Gasteiger partial charge in [0.1, 0.15) is 36.8 Å². The lowest BCUT2D eigenvalue weighted by atomic mass is 10.2. The Morgan fingerprint density at radius 1 is 1.17 bits per heavy atom. The fourth-order valence-electron chi connectivity index (χ4n) is 3.40. The molecule has 2 aromatic heterocycles. The third-order valence-corrected chi connectivity index (χ3v) is 6.49. The summed E-state index contributed by atoms with van der Waals surface area (Å²) >= 11 is 0. The molecule has 5 unspecified atom stereocenters. The first kappa shape index (κ1) is 36.4. The van der Waals surface area contributed by atoms with Gasteiger partial charge < -0.3 is 29.6 Å². The highest BCUT2D eigenvalue weighted by Crippen LogP contribution is 2.34. The zero-order valence-corrected chi connectivity index (χ0v) is 25.3. The number of hydrogen-bond donors (Lipinski definition) is 4. The van der Waals surface area contributed by atoms with E-state index in [0.717, 1.165) is 0 Å². The molecule has 3 rings (SSSR count). The van der Waals surface area contributed by atoms with Crippen LogP contribution in [0, 0.1) is 0 Å². The smallest absolute Gasteiger partial charge is 0.323 e. The number of hydrogen-bond acceptors (Lipinski definition) is 13. The number of nitrogen functional groups attached to an aromatic ring is 1. The summed E-state index contributed by atoms with van der Waals surface area (Å²) in [5, 5.41) is 16.5. The van der Waals surface area contributed by atoms with E-state index >= 15 is 0 Å². The quantitative estimate of drug-likeness (QED) is 0.204. The molecule has 2 aromatic rings. The van der Waals surface area contributed by atoms with Crippen LogP contribution in [-0.4, -0.2) is 87.1 Å². The molecule has 0 spiro atoms. The van der Waals surface area contributed by atoms with Crippen molar-refractivity contribution in [2.24, 2.45) is 0 Å². The largest absolute Gasteiger partial charge is 0.462 e. The molecule has 41 heavy (non-hydrogen) atoms. The molecule has 1 fully saturated rings. The monoisotopic (exact) mass is 609 g/mol. The van der Waals surface area contributed by atoms with Crippen LogP contribution in [0.4, 0.5) is 14.6 Å². The number of halogens is 2. The van der Waals surface area contributed by atoms with E-state index in [4.69, 9.17) is 24.5 Å². The van der Waals surface area contributed by atoms with Gasteiger partial charge in [-0.1, -0.05) is 13.8 Å². The molecule has 1 aliphatic heterocycles. The van der Waals surface area contributed by atoms with Crippen molar-refractivity contribution in [2.45, 2.75) is 91.6 Å². The third kappa shape index (κ3) is 12.0. The maximum absolute atomic E-state index is 12.2. The van der Waals surface area contributed by atoms with Crippen molar-refractivity contribution in [3.8, 4) is 0 Å². The minimum atomic E-state index is -1.75. The lowest BCUT2D eigenvalue weighted by Gasteiger charge is -2.25. The van der Waals surface area contributed by atoms with Crippen LogP contribution < -0.4 is 15.9 Å². The lowest BCUT2D eigenvalue weighted by molar-refractivity contribution is -0.149. The average Bonchev–Trinajstić information content (AvgIpc) is 3.50. The summed E-state index contributed by atoms with van der Waals surface area (Å²) in [6.07, 6.45) is 0.552. The zero-order valence-electron chi connectivity index (χ0n) is 24.4. The van der Waals surface area contributed by atoms with Crippen molar-refractivity contribution in [1.82, 2.24) is 29.7 Å². The molecule has 3 heterocycles. The molecule has 234 valence electrons. The second kappa shape index (κ2) is 18.7. The molecule has 0 aliphatic carbocycles. The first-order chi connectivity index (χ1) is 19.5. The molecule has 1 saturated heterocycles. The Kier molecular flexibility index (Phi) is 16.6. The van der Waals surface area contributed by atoms with Gasteiger partial charge in [-0.05, 0) is 34.6 Å². The highest BCUT2D eigenvalue weighted by Gasteiger charge is 2.37. The van der Waals surface area contributed by atoms with Crippen molar-refractivity contribution >= 4 is 37.4 Å². The molecule has 0 aromatic carbocycles. The number of rotatable bonds is 12. The van der Waals surface area contributed by atoms with Gasteiger partial charge >= 0.3 is 11.9 Å². The van der Waals surface area contributed by atoms with Crippen LogP contribution in [0.25, 0.3) is 11.2 Å². The number of fused-ring (bicyclic) bond motifs is 1. The third-order valence-electron chi connectivity index (χ3n) is 5.02. The standard InChI is InChI=1S/C21H34N7O7P.C2H6.CH2F2/c1-11(2)33-17(30)7-26-36(27-13(5)21(31)34-12(3)4)32-8-15-14(29)6-16(35-15)28-10-25-18-19(22)23-9-24-20(18)28;1-2;2-1-3/h9-16,26-27,29H,6-8H2,1-5H3,(H2,22,23,24);1-2H3;1H2. The number of nitrogens with zero attached hydrogens (tertiary/aromatic N) is 4. The summed E-state index contributed by atoms with van der Waals surface area (Å²) in [5.41, 5.74) is 6.79. The fourth-order valence-corrected chi connectivity index (χ4v) is 4.68. The van der Waals surface area contributed by atoms with Crippen LogP contribution in [0.1, 0.15) is 61.1 Å². The number of nitrogens with two attached hydrogens (primary N) is 1. The molecular weight excluding hydrogens is 567 g/mol. The number of ether oxygens (including phenoxy) is 3. The Labute approximate surface area is 239 Å². The fraction of sp³-hybridized carbons (Fsp3) is 0.708. The van der Waals surface area contributed by atoms with Gasteiger partial charge in [0.05, 0.1) is 31.2 Å². The van der Waals surface area contributed by atoms with Crippen LogP contribution in [0.15, 0.2) is 12.7 Å². The Balaban J connectivity index is 0.00000157. The van der Waals surface area contributed by atoms with Crippen molar-refractivity contribution in [1.29, 1.82) is 0 Å². The van der Waals surface area contributed by atoms with E-state index in [1.54, 1.807) is 39.2 Å². The lowest BCUT2D eigenvalue weighted by Crippen LogP contribution is -2.38. The molecule has 0 bridgehead atoms. The summed E-state index contributed by atoms with van der Waals surface area (Å²) < 4.78 is 43.2. The van der Waals surface area contributed by atoms with Crippen LogP contribution in [0.3, 0.4) is 0 Å². The van der Waals surface area contributed by atoms with Gasteiger partial charge in [-0.25, -0.2) is 33.9 Å². The number of esters is 2. The maximum atomic E-state index is 12.2. The number of aliphatic hydroxyl groups is 1. The molecule has 5 atom stereocenters. The van der Waals surface area contributed by atoms with Gasteiger partial charge in [0.25, 0.3) is 0 Å². The average molecular weight is 610 g/mol. The van der Waals surface area contributed by atoms with Gasteiger partial charge in [-0.15, -0.1) is 0 Å². The minimum absolute atomic E-state index is 0.0156. The van der Waals surface area contributed by atoms with Gasteiger partial charge in [-0.2, -0.15) is 0 Å². The van der Waals surface area contributed by atoms with E-state index in [1.165, 1.54) is 12.7 Å². The first-order valence-corrected chi connectivity index (χ1v) is 14.4. The van der Waals surface area contributed by atoms with Gasteiger partial charge in [-0.3, -0.25) is 14.2 Å². The number of aromatic nitrogens is 4. The first-order valence-electron chi connectivity index (χ1n) is 13.2. The van der Waals surface area contributed by atoms with Gasteiger partial charge in [0.2, 0.25) is 6.93 Å². The highest BCUT2D eigenvalue weighted by atomic mass is 31.2. The van der Waals surface area contributed by atoms with E-state index in [-0.39, 0.29) is 37.6 Å². The predicted octanol–water partition coefficient (Wildman–Crippen LogP) is 2.68. The molecule has 0 amide bonds. The van der Waals surface area contributed by atoms with Crippen molar-refractivity contribution in [3.63, 3.8) is 0 Å². The molecule has 14 nitrogen and oxygen atoms in total. The Morgan fingerprint density at radius 3 is 2.41 bits per heavy atom. The Morgan fingerprint density at radius 2 is 1.80 bits per heavy atom.